The molecule has 0 radical (unpaired) electrons. The second-order valence-corrected chi connectivity index (χ2v) is 7.73. The molecular weight excluding hydrogens is 343 g/mol. The summed E-state index contributed by atoms with van der Waals surface area (Å²) in [5, 5.41) is 4.62. The van der Waals surface area contributed by atoms with Crippen LogP contribution in [0.3, 0.4) is 0 Å². The van der Waals surface area contributed by atoms with Crippen molar-refractivity contribution in [3.63, 3.8) is 0 Å². The van der Waals surface area contributed by atoms with Gasteiger partial charge >= 0.3 is 0 Å². The fourth-order valence-electron chi connectivity index (χ4n) is 4.35. The minimum Gasteiger partial charge on any atom is -0.332 e. The Labute approximate surface area is 159 Å². The zero-order valence-electron chi connectivity index (χ0n) is 16.3. The average molecular weight is 370 g/mol. The highest BCUT2D eigenvalue weighted by atomic mass is 19.1. The summed E-state index contributed by atoms with van der Waals surface area (Å²) in [4.78, 5) is 17.6. The topological polar surface area (TPSA) is 41.4 Å². The van der Waals surface area contributed by atoms with E-state index in [2.05, 4.69) is 23.8 Å². The third-order valence-corrected chi connectivity index (χ3v) is 5.88. The number of nitrogens with zero attached hydrogens (tertiary/aromatic N) is 4. The molecule has 4 rings (SSSR count). The Bertz CT molecular complexity index is 875. The van der Waals surface area contributed by atoms with Gasteiger partial charge in [0, 0.05) is 36.9 Å². The Morgan fingerprint density at radius 3 is 2.85 bits per heavy atom. The van der Waals surface area contributed by atoms with Crippen LogP contribution in [0.4, 0.5) is 4.39 Å². The summed E-state index contributed by atoms with van der Waals surface area (Å²) in [5.41, 5.74) is 3.93. The molecule has 0 spiro atoms. The largest absolute Gasteiger partial charge is 0.332 e. The lowest BCUT2D eigenvalue weighted by molar-refractivity contribution is 0.0492. The van der Waals surface area contributed by atoms with E-state index in [0.29, 0.717) is 17.9 Å². The predicted octanol–water partition coefficient (Wildman–Crippen LogP) is 2.97. The molecular formula is C21H27FN4O. The predicted molar refractivity (Wildman–Crippen MR) is 103 cm³/mol. The van der Waals surface area contributed by atoms with Crippen LogP contribution < -0.4 is 0 Å². The summed E-state index contributed by atoms with van der Waals surface area (Å²) in [7, 11) is 0. The molecule has 1 atom stereocenters. The Morgan fingerprint density at radius 1 is 1.30 bits per heavy atom. The van der Waals surface area contributed by atoms with Crippen LogP contribution >= 0.6 is 0 Å². The van der Waals surface area contributed by atoms with E-state index in [0.717, 1.165) is 55.7 Å². The molecule has 0 bridgehead atoms. The lowest BCUT2D eigenvalue weighted by Gasteiger charge is -2.39. The molecule has 1 aromatic carbocycles. The van der Waals surface area contributed by atoms with Crippen LogP contribution in [0.25, 0.3) is 5.69 Å². The molecule has 5 nitrogen and oxygen atoms in total. The third-order valence-electron chi connectivity index (χ3n) is 5.88. The first-order valence-electron chi connectivity index (χ1n) is 9.90. The van der Waals surface area contributed by atoms with Gasteiger partial charge in [0.25, 0.3) is 5.91 Å². The maximum atomic E-state index is 14.5. The van der Waals surface area contributed by atoms with E-state index in [-0.39, 0.29) is 17.8 Å². The number of halogens is 1. The number of carbonyl (C=O) groups is 1. The zero-order valence-corrected chi connectivity index (χ0v) is 16.3. The first-order chi connectivity index (χ1) is 13.0. The summed E-state index contributed by atoms with van der Waals surface area (Å²) in [6.45, 7) is 9.68. The molecule has 1 saturated heterocycles. The highest BCUT2D eigenvalue weighted by molar-refractivity contribution is 5.94. The van der Waals surface area contributed by atoms with Gasteiger partial charge in [0.1, 0.15) is 11.5 Å². The van der Waals surface area contributed by atoms with E-state index in [4.69, 9.17) is 0 Å². The van der Waals surface area contributed by atoms with E-state index >= 15 is 0 Å². The van der Waals surface area contributed by atoms with Crippen molar-refractivity contribution in [2.24, 2.45) is 0 Å². The third kappa shape index (κ3) is 3.16. The Kier molecular flexibility index (Phi) is 4.76. The average Bonchev–Trinajstić information content (AvgIpc) is 3.26. The van der Waals surface area contributed by atoms with Crippen LogP contribution in [0.2, 0.25) is 0 Å². The number of piperazine rings is 1. The van der Waals surface area contributed by atoms with Gasteiger partial charge in [-0.1, -0.05) is 13.0 Å². The number of hydrogen-bond acceptors (Lipinski definition) is 3. The second-order valence-electron chi connectivity index (χ2n) is 7.73. The van der Waals surface area contributed by atoms with Crippen molar-refractivity contribution >= 4 is 5.91 Å². The van der Waals surface area contributed by atoms with Crippen molar-refractivity contribution < 1.29 is 9.18 Å². The molecule has 1 aliphatic heterocycles. The molecule has 144 valence electrons. The van der Waals surface area contributed by atoms with Gasteiger partial charge in [-0.2, -0.15) is 5.10 Å². The minimum atomic E-state index is -0.304. The summed E-state index contributed by atoms with van der Waals surface area (Å²) < 4.78 is 16.1. The lowest BCUT2D eigenvalue weighted by atomic mass is 10.1. The Hall–Kier alpha value is -2.21. The lowest BCUT2D eigenvalue weighted by Crippen LogP contribution is -2.54. The number of amides is 1. The molecule has 1 aromatic heterocycles. The SMILES string of the molecule is CCN1CCN(C(=O)c2nn(-c3cc(C)ccc3F)c3c2CCC3)[C@@H](C)C1. The van der Waals surface area contributed by atoms with Gasteiger partial charge in [0.15, 0.2) is 5.69 Å². The van der Waals surface area contributed by atoms with Gasteiger partial charge < -0.3 is 4.90 Å². The summed E-state index contributed by atoms with van der Waals surface area (Å²) in [6.07, 6.45) is 2.66. The number of carbonyl (C=O) groups excluding carboxylic acids is 1. The molecule has 6 heteroatoms. The normalized spacial score (nSPS) is 20.1. The van der Waals surface area contributed by atoms with Gasteiger partial charge in [-0.3, -0.25) is 9.69 Å². The van der Waals surface area contributed by atoms with Gasteiger partial charge in [-0.15, -0.1) is 0 Å². The molecule has 1 amide bonds. The first-order valence-corrected chi connectivity index (χ1v) is 9.90. The fraction of sp³-hybridized carbons (Fsp3) is 0.524. The van der Waals surface area contributed by atoms with Gasteiger partial charge in [-0.25, -0.2) is 9.07 Å². The van der Waals surface area contributed by atoms with E-state index in [9.17, 15) is 9.18 Å². The maximum Gasteiger partial charge on any atom is 0.274 e. The molecule has 27 heavy (non-hydrogen) atoms. The molecule has 1 aliphatic carbocycles. The minimum absolute atomic E-state index is 0.0109. The summed E-state index contributed by atoms with van der Waals surface area (Å²) >= 11 is 0. The van der Waals surface area contributed by atoms with Gasteiger partial charge in [0.05, 0.1) is 0 Å². The maximum absolute atomic E-state index is 14.5. The zero-order chi connectivity index (χ0) is 19.1. The summed E-state index contributed by atoms with van der Waals surface area (Å²) in [6, 6.07) is 5.19. The van der Waals surface area contributed by atoms with Crippen LogP contribution in [-0.4, -0.2) is 57.7 Å². The molecule has 2 aromatic rings. The quantitative estimate of drug-likeness (QED) is 0.834. The van der Waals surface area contributed by atoms with Crippen LogP contribution in [0, 0.1) is 12.7 Å². The smallest absolute Gasteiger partial charge is 0.274 e. The number of benzene rings is 1. The van der Waals surface area contributed by atoms with E-state index in [1.807, 2.05) is 11.8 Å². The van der Waals surface area contributed by atoms with Crippen molar-refractivity contribution in [3.05, 3.63) is 46.5 Å². The molecule has 0 N–H and O–H groups in total. The van der Waals surface area contributed by atoms with Gasteiger partial charge in [-0.05, 0) is 57.4 Å². The highest BCUT2D eigenvalue weighted by Gasteiger charge is 2.33. The second kappa shape index (κ2) is 7.08. The molecule has 2 aliphatic rings. The van der Waals surface area contributed by atoms with Crippen molar-refractivity contribution in [3.8, 4) is 5.69 Å². The number of hydrogen-bond donors (Lipinski definition) is 0. The van der Waals surface area contributed by atoms with E-state index in [1.165, 1.54) is 6.07 Å². The summed E-state index contributed by atoms with van der Waals surface area (Å²) in [5.74, 6) is -0.315. The number of aromatic nitrogens is 2. The molecule has 1 fully saturated rings. The van der Waals surface area contributed by atoms with E-state index < -0.39 is 0 Å². The monoisotopic (exact) mass is 370 g/mol. The van der Waals surface area contributed by atoms with Crippen LogP contribution in [0.1, 0.15) is 47.6 Å². The van der Waals surface area contributed by atoms with Crippen LogP contribution in [0.5, 0.6) is 0 Å². The van der Waals surface area contributed by atoms with Crippen molar-refractivity contribution in [1.29, 1.82) is 0 Å². The fourth-order valence-corrected chi connectivity index (χ4v) is 4.35. The number of likely N-dealkylation sites (N-methyl/N-ethyl adjacent to an activating group) is 1. The number of rotatable bonds is 3. The Morgan fingerprint density at radius 2 is 2.11 bits per heavy atom. The number of aryl methyl sites for hydroxylation is 1. The van der Waals surface area contributed by atoms with Crippen LogP contribution in [-0.2, 0) is 12.8 Å². The van der Waals surface area contributed by atoms with Crippen molar-refractivity contribution in [2.45, 2.75) is 46.1 Å². The molecule has 0 unspecified atom stereocenters. The van der Waals surface area contributed by atoms with Crippen LogP contribution in [0.15, 0.2) is 18.2 Å². The van der Waals surface area contributed by atoms with Crippen molar-refractivity contribution in [1.82, 2.24) is 19.6 Å². The molecule has 0 saturated carbocycles. The standard InChI is InChI=1S/C21H27FN4O/c1-4-24-10-11-25(15(3)13-24)21(27)20-16-6-5-7-18(16)26(23-20)19-12-14(2)8-9-17(19)22/h8-9,12,15H,4-7,10-11,13H2,1-3H3/t15-/m0/s1. The Balaban J connectivity index is 1.71. The highest BCUT2D eigenvalue weighted by Crippen LogP contribution is 2.30. The van der Waals surface area contributed by atoms with E-state index in [1.54, 1.807) is 16.8 Å². The number of fused-ring (bicyclic) bond motifs is 1. The first kappa shape index (κ1) is 18.2. The van der Waals surface area contributed by atoms with Crippen molar-refractivity contribution in [2.75, 3.05) is 26.2 Å². The molecule has 2 heterocycles. The van der Waals surface area contributed by atoms with Gasteiger partial charge in [0.2, 0.25) is 0 Å².